The maximum absolute atomic E-state index is 13.7. The first-order valence-corrected chi connectivity index (χ1v) is 12.4. The zero-order chi connectivity index (χ0) is 25.2. The third kappa shape index (κ3) is 7.31. The van der Waals surface area contributed by atoms with E-state index in [2.05, 4.69) is 0 Å². The van der Waals surface area contributed by atoms with Crippen LogP contribution in [0.2, 0.25) is 0 Å². The molecule has 2 aromatic carbocycles. The van der Waals surface area contributed by atoms with Crippen LogP contribution in [0.25, 0.3) is 0 Å². The van der Waals surface area contributed by atoms with Gasteiger partial charge in [-0.15, -0.1) is 0 Å². The molecule has 1 heterocycles. The van der Waals surface area contributed by atoms with E-state index in [1.807, 2.05) is 75.4 Å². The zero-order valence-corrected chi connectivity index (χ0v) is 20.9. The number of carbonyl (C=O) groups excluding carboxylic acids is 3. The van der Waals surface area contributed by atoms with E-state index >= 15 is 0 Å². The lowest BCUT2D eigenvalue weighted by molar-refractivity contribution is -0.151. The van der Waals surface area contributed by atoms with Crippen LogP contribution in [0.3, 0.4) is 0 Å². The zero-order valence-electron chi connectivity index (χ0n) is 20.9. The number of hydrogen-bond acceptors (Lipinski definition) is 5. The number of urea groups is 1. The summed E-state index contributed by atoms with van der Waals surface area (Å²) in [6.07, 6.45) is 2.27. The Bertz CT molecular complexity index is 992. The van der Waals surface area contributed by atoms with Crippen molar-refractivity contribution in [3.05, 3.63) is 71.3 Å². The van der Waals surface area contributed by atoms with E-state index in [0.29, 0.717) is 19.6 Å². The molecular formula is C28H36N2O5. The van der Waals surface area contributed by atoms with E-state index in [1.165, 1.54) is 0 Å². The highest BCUT2D eigenvalue weighted by atomic mass is 16.5. The molecular weight excluding hydrogens is 444 g/mol. The van der Waals surface area contributed by atoms with E-state index in [0.717, 1.165) is 29.5 Å². The normalized spacial score (nSPS) is 14.9. The maximum Gasteiger partial charge on any atom is 0.329 e. The number of benzene rings is 2. The predicted octanol–water partition coefficient (Wildman–Crippen LogP) is 4.72. The molecule has 1 atom stereocenters. The molecule has 7 nitrogen and oxygen atoms in total. The third-order valence-electron chi connectivity index (χ3n) is 6.18. The van der Waals surface area contributed by atoms with Gasteiger partial charge in [0.15, 0.2) is 0 Å². The van der Waals surface area contributed by atoms with Gasteiger partial charge in [0.25, 0.3) is 0 Å². The molecule has 0 bridgehead atoms. The molecule has 0 saturated heterocycles. The molecule has 7 heteroatoms. The van der Waals surface area contributed by atoms with Crippen molar-refractivity contribution in [3.8, 4) is 0 Å². The van der Waals surface area contributed by atoms with Gasteiger partial charge in [0.1, 0.15) is 12.6 Å². The molecule has 3 rings (SSSR count). The van der Waals surface area contributed by atoms with E-state index < -0.39 is 12.0 Å². The van der Waals surface area contributed by atoms with Gasteiger partial charge in [-0.3, -0.25) is 4.79 Å². The molecule has 0 saturated carbocycles. The van der Waals surface area contributed by atoms with Gasteiger partial charge in [-0.2, -0.15) is 0 Å². The van der Waals surface area contributed by atoms with Crippen LogP contribution in [0.5, 0.6) is 0 Å². The molecule has 0 fully saturated rings. The molecule has 1 aliphatic heterocycles. The van der Waals surface area contributed by atoms with Crippen LogP contribution < -0.4 is 0 Å². The van der Waals surface area contributed by atoms with E-state index in [-0.39, 0.29) is 37.6 Å². The molecule has 0 aliphatic carbocycles. The van der Waals surface area contributed by atoms with Gasteiger partial charge in [0.05, 0.1) is 13.0 Å². The summed E-state index contributed by atoms with van der Waals surface area (Å²) in [5.41, 5.74) is 2.93. The average molecular weight is 481 g/mol. The Balaban J connectivity index is 1.74. The fourth-order valence-electron chi connectivity index (χ4n) is 4.11. The Morgan fingerprint density at radius 1 is 1.00 bits per heavy atom. The van der Waals surface area contributed by atoms with E-state index in [9.17, 15) is 14.4 Å². The lowest BCUT2D eigenvalue weighted by Gasteiger charge is -2.39. The van der Waals surface area contributed by atoms with Crippen molar-refractivity contribution in [1.82, 2.24) is 9.80 Å². The number of carbonyl (C=O) groups is 3. The molecule has 0 spiro atoms. The second-order valence-corrected chi connectivity index (χ2v) is 9.10. The Morgan fingerprint density at radius 3 is 2.37 bits per heavy atom. The van der Waals surface area contributed by atoms with Gasteiger partial charge in [-0.05, 0) is 37.0 Å². The Hall–Kier alpha value is -3.35. The molecule has 2 amide bonds. The number of fused-ring (bicyclic) bond motifs is 1. The summed E-state index contributed by atoms with van der Waals surface area (Å²) in [4.78, 5) is 42.3. The SMILES string of the molecule is CCCCOC(=O)CCN(C(=O)N1Cc2ccccc2C[C@H]1C(=O)OCc1ccccc1)C(C)C. The highest BCUT2D eigenvalue weighted by molar-refractivity contribution is 5.85. The highest BCUT2D eigenvalue weighted by Crippen LogP contribution is 2.26. The average Bonchev–Trinajstić information content (AvgIpc) is 2.87. The molecule has 2 aromatic rings. The van der Waals surface area contributed by atoms with Gasteiger partial charge in [0, 0.05) is 25.6 Å². The molecule has 0 unspecified atom stereocenters. The first-order chi connectivity index (χ1) is 16.9. The van der Waals surface area contributed by atoms with Crippen LogP contribution in [-0.4, -0.2) is 53.0 Å². The Morgan fingerprint density at radius 2 is 1.69 bits per heavy atom. The number of amides is 2. The monoisotopic (exact) mass is 480 g/mol. The minimum atomic E-state index is -0.737. The summed E-state index contributed by atoms with van der Waals surface area (Å²) >= 11 is 0. The minimum absolute atomic E-state index is 0.112. The summed E-state index contributed by atoms with van der Waals surface area (Å²) in [6.45, 7) is 6.92. The first-order valence-electron chi connectivity index (χ1n) is 12.4. The van der Waals surface area contributed by atoms with Crippen molar-refractivity contribution in [2.45, 2.75) is 71.7 Å². The van der Waals surface area contributed by atoms with Crippen LogP contribution in [0.15, 0.2) is 54.6 Å². The van der Waals surface area contributed by atoms with Crippen molar-refractivity contribution in [3.63, 3.8) is 0 Å². The topological polar surface area (TPSA) is 76.2 Å². The van der Waals surface area contributed by atoms with Crippen LogP contribution in [-0.2, 0) is 38.6 Å². The minimum Gasteiger partial charge on any atom is -0.466 e. The quantitative estimate of drug-likeness (QED) is 0.363. The molecule has 0 radical (unpaired) electrons. The summed E-state index contributed by atoms with van der Waals surface area (Å²) in [5, 5.41) is 0. The largest absolute Gasteiger partial charge is 0.466 e. The molecule has 35 heavy (non-hydrogen) atoms. The molecule has 188 valence electrons. The van der Waals surface area contributed by atoms with Crippen LogP contribution in [0.4, 0.5) is 4.79 Å². The Kier molecular flexibility index (Phi) is 9.70. The van der Waals surface area contributed by atoms with Crippen LogP contribution in [0, 0.1) is 0 Å². The predicted molar refractivity (Wildman–Crippen MR) is 133 cm³/mol. The van der Waals surface area contributed by atoms with Crippen molar-refractivity contribution in [2.75, 3.05) is 13.2 Å². The smallest absolute Gasteiger partial charge is 0.329 e. The number of unbranched alkanes of at least 4 members (excludes halogenated alkanes) is 1. The summed E-state index contributed by atoms with van der Waals surface area (Å²) in [7, 11) is 0. The number of nitrogens with zero attached hydrogens (tertiary/aromatic N) is 2. The molecule has 0 aromatic heterocycles. The lowest BCUT2D eigenvalue weighted by atomic mass is 9.94. The van der Waals surface area contributed by atoms with Gasteiger partial charge >= 0.3 is 18.0 Å². The number of esters is 2. The fourth-order valence-corrected chi connectivity index (χ4v) is 4.11. The number of hydrogen-bond donors (Lipinski definition) is 0. The first kappa shape index (κ1) is 26.3. The van der Waals surface area contributed by atoms with Crippen molar-refractivity contribution >= 4 is 18.0 Å². The summed E-state index contributed by atoms with van der Waals surface area (Å²) < 4.78 is 10.9. The lowest BCUT2D eigenvalue weighted by Crippen LogP contribution is -2.55. The van der Waals surface area contributed by atoms with Gasteiger partial charge in [-0.25, -0.2) is 9.59 Å². The second-order valence-electron chi connectivity index (χ2n) is 9.10. The van der Waals surface area contributed by atoms with Crippen LogP contribution >= 0.6 is 0 Å². The fraction of sp³-hybridized carbons (Fsp3) is 0.464. The van der Waals surface area contributed by atoms with Crippen molar-refractivity contribution in [2.24, 2.45) is 0 Å². The Labute approximate surface area is 208 Å². The summed E-state index contributed by atoms with van der Waals surface area (Å²) in [5.74, 6) is -0.751. The van der Waals surface area contributed by atoms with Crippen LogP contribution in [0.1, 0.15) is 56.7 Å². The maximum atomic E-state index is 13.7. The van der Waals surface area contributed by atoms with Gasteiger partial charge < -0.3 is 19.3 Å². The standard InChI is InChI=1S/C28H36N2O5/c1-4-5-17-34-26(31)15-16-29(21(2)3)28(33)30-19-24-14-10-9-13-23(24)18-25(30)27(32)35-20-22-11-7-6-8-12-22/h6-14,21,25H,4-5,15-20H2,1-3H3/t25-/m0/s1. The highest BCUT2D eigenvalue weighted by Gasteiger charge is 2.38. The third-order valence-corrected chi connectivity index (χ3v) is 6.18. The molecule has 1 aliphatic rings. The second kappa shape index (κ2) is 12.9. The summed E-state index contributed by atoms with van der Waals surface area (Å²) in [6, 6.07) is 16.2. The molecule has 0 N–H and O–H groups in total. The van der Waals surface area contributed by atoms with Crippen molar-refractivity contribution < 1.29 is 23.9 Å². The van der Waals surface area contributed by atoms with Crippen molar-refractivity contribution in [1.29, 1.82) is 0 Å². The van der Waals surface area contributed by atoms with E-state index in [1.54, 1.807) is 9.80 Å². The van der Waals surface area contributed by atoms with Gasteiger partial charge in [0.2, 0.25) is 0 Å². The number of rotatable bonds is 10. The van der Waals surface area contributed by atoms with Gasteiger partial charge in [-0.1, -0.05) is 67.9 Å². The van der Waals surface area contributed by atoms with E-state index in [4.69, 9.17) is 9.47 Å². The number of ether oxygens (including phenoxy) is 2.